The summed E-state index contributed by atoms with van der Waals surface area (Å²) in [5, 5.41) is 2.65. The van der Waals surface area contributed by atoms with Gasteiger partial charge >= 0.3 is 6.03 Å². The Hall–Kier alpha value is -3.34. The van der Waals surface area contributed by atoms with Crippen LogP contribution >= 0.6 is 22.9 Å². The van der Waals surface area contributed by atoms with Gasteiger partial charge in [0.05, 0.1) is 31.9 Å². The van der Waals surface area contributed by atoms with E-state index in [0.717, 1.165) is 28.2 Å². The van der Waals surface area contributed by atoms with Crippen molar-refractivity contribution in [2.75, 3.05) is 45.8 Å². The molecule has 1 saturated heterocycles. The zero-order valence-electron chi connectivity index (χ0n) is 23.5. The second-order valence-electron chi connectivity index (χ2n) is 9.84. The summed E-state index contributed by atoms with van der Waals surface area (Å²) in [6.45, 7) is 3.63. The SMILES string of the molecule is COc1ccc(CCN(Cc2ccc(C)s2)C(=O)CN(C[C@H]2CCCO2)C(=O)Nc2ccc(F)c(Cl)c2)cc1OC. The van der Waals surface area contributed by atoms with Crippen molar-refractivity contribution in [3.8, 4) is 11.5 Å². The number of halogens is 2. The van der Waals surface area contributed by atoms with E-state index in [9.17, 15) is 14.0 Å². The Balaban J connectivity index is 1.51. The molecule has 0 bridgehead atoms. The lowest BCUT2D eigenvalue weighted by atomic mass is 10.1. The van der Waals surface area contributed by atoms with E-state index in [0.29, 0.717) is 43.3 Å². The molecule has 3 amide bonds. The number of thiophene rings is 1. The molecule has 0 aliphatic carbocycles. The number of urea groups is 1. The summed E-state index contributed by atoms with van der Waals surface area (Å²) >= 11 is 7.54. The molecule has 11 heteroatoms. The third kappa shape index (κ3) is 8.58. The molecule has 0 saturated carbocycles. The highest BCUT2D eigenvalue weighted by Crippen LogP contribution is 2.28. The fraction of sp³-hybridized carbons (Fsp3) is 0.400. The summed E-state index contributed by atoms with van der Waals surface area (Å²) in [7, 11) is 3.17. The first-order chi connectivity index (χ1) is 19.7. The van der Waals surface area contributed by atoms with E-state index in [1.165, 1.54) is 23.1 Å². The van der Waals surface area contributed by atoms with E-state index >= 15 is 0 Å². The number of aryl methyl sites for hydroxylation is 1. The monoisotopic (exact) mass is 603 g/mol. The second kappa shape index (κ2) is 14.5. The van der Waals surface area contributed by atoms with Crippen LogP contribution in [-0.4, -0.2) is 68.3 Å². The number of amides is 3. The van der Waals surface area contributed by atoms with Crippen molar-refractivity contribution >= 4 is 40.6 Å². The second-order valence-corrected chi connectivity index (χ2v) is 11.6. The zero-order valence-corrected chi connectivity index (χ0v) is 25.0. The van der Waals surface area contributed by atoms with E-state index in [4.69, 9.17) is 25.8 Å². The molecule has 3 aromatic rings. The number of nitrogens with zero attached hydrogens (tertiary/aromatic N) is 2. The average Bonchev–Trinajstić information content (AvgIpc) is 3.63. The van der Waals surface area contributed by atoms with Gasteiger partial charge in [0.25, 0.3) is 0 Å². The molecule has 1 aromatic heterocycles. The summed E-state index contributed by atoms with van der Waals surface area (Å²) in [5.41, 5.74) is 1.33. The zero-order chi connectivity index (χ0) is 29.4. The first-order valence-corrected chi connectivity index (χ1v) is 14.6. The van der Waals surface area contributed by atoms with Gasteiger partial charge < -0.3 is 29.3 Å². The lowest BCUT2D eigenvalue weighted by Gasteiger charge is -2.29. The molecule has 4 rings (SSSR count). The molecule has 1 fully saturated rings. The minimum Gasteiger partial charge on any atom is -0.493 e. The minimum atomic E-state index is -0.579. The van der Waals surface area contributed by atoms with Gasteiger partial charge in [-0.2, -0.15) is 0 Å². The third-order valence-electron chi connectivity index (χ3n) is 6.85. The number of nitrogens with one attached hydrogen (secondary N) is 1. The third-order valence-corrected chi connectivity index (χ3v) is 8.12. The van der Waals surface area contributed by atoms with Gasteiger partial charge in [-0.05, 0) is 74.2 Å². The number of carbonyl (C=O) groups is 2. The number of carbonyl (C=O) groups excluding carboxylic acids is 2. The fourth-order valence-corrected chi connectivity index (χ4v) is 5.73. The van der Waals surface area contributed by atoms with Crippen LogP contribution < -0.4 is 14.8 Å². The van der Waals surface area contributed by atoms with Crippen LogP contribution in [0, 0.1) is 12.7 Å². The maximum atomic E-state index is 13.8. The Kier molecular flexibility index (Phi) is 10.8. The van der Waals surface area contributed by atoms with Crippen molar-refractivity contribution in [1.29, 1.82) is 0 Å². The van der Waals surface area contributed by atoms with Gasteiger partial charge in [-0.1, -0.05) is 17.7 Å². The van der Waals surface area contributed by atoms with Crippen LogP contribution in [0.4, 0.5) is 14.9 Å². The Morgan fingerprint density at radius 2 is 1.90 bits per heavy atom. The van der Waals surface area contributed by atoms with Crippen molar-refractivity contribution in [2.24, 2.45) is 0 Å². The smallest absolute Gasteiger partial charge is 0.322 e. The van der Waals surface area contributed by atoms with Crippen LogP contribution in [0.5, 0.6) is 11.5 Å². The Labute approximate surface area is 248 Å². The normalized spacial score (nSPS) is 14.5. The molecule has 1 aliphatic rings. The maximum absolute atomic E-state index is 13.8. The summed E-state index contributed by atoms with van der Waals surface area (Å²) in [5.74, 6) is 0.486. The number of methoxy groups -OCH3 is 2. The van der Waals surface area contributed by atoms with E-state index in [1.54, 1.807) is 30.5 Å². The number of ether oxygens (including phenoxy) is 3. The topological polar surface area (TPSA) is 80.3 Å². The standard InChI is InChI=1S/C30H35ClFN3O5S/c1-20-6-9-24(41-20)18-34(13-12-21-7-11-27(38-2)28(15-21)39-3)29(36)19-35(17-23-5-4-14-40-23)30(37)33-22-8-10-26(32)25(31)16-22/h6-11,15-16,23H,4-5,12-14,17-19H2,1-3H3,(H,33,37)/t23-/m1/s1. The molecule has 1 atom stereocenters. The van der Waals surface area contributed by atoms with Crippen LogP contribution in [-0.2, 0) is 22.5 Å². The highest BCUT2D eigenvalue weighted by atomic mass is 35.5. The largest absolute Gasteiger partial charge is 0.493 e. The predicted octanol–water partition coefficient (Wildman–Crippen LogP) is 6.15. The van der Waals surface area contributed by atoms with Crippen molar-refractivity contribution in [3.63, 3.8) is 0 Å². The van der Waals surface area contributed by atoms with E-state index in [2.05, 4.69) is 5.32 Å². The molecular formula is C30H35ClFN3O5S. The number of anilines is 1. The van der Waals surface area contributed by atoms with Gasteiger partial charge in [-0.25, -0.2) is 9.18 Å². The molecule has 2 aromatic carbocycles. The van der Waals surface area contributed by atoms with Crippen LogP contribution in [0.25, 0.3) is 0 Å². The molecule has 0 radical (unpaired) electrons. The molecule has 0 spiro atoms. The summed E-state index contributed by atoms with van der Waals surface area (Å²) in [4.78, 5) is 32.6. The highest BCUT2D eigenvalue weighted by molar-refractivity contribution is 7.11. The Morgan fingerprint density at radius 3 is 2.56 bits per heavy atom. The van der Waals surface area contributed by atoms with Crippen molar-refractivity contribution in [3.05, 3.63) is 74.7 Å². The van der Waals surface area contributed by atoms with Gasteiger partial charge in [0.2, 0.25) is 5.91 Å². The molecule has 0 unspecified atom stereocenters. The Bertz CT molecular complexity index is 1350. The molecular weight excluding hydrogens is 569 g/mol. The molecule has 2 heterocycles. The Morgan fingerprint density at radius 1 is 1.10 bits per heavy atom. The quantitative estimate of drug-likeness (QED) is 0.269. The van der Waals surface area contributed by atoms with Gasteiger partial charge in [0.1, 0.15) is 12.4 Å². The van der Waals surface area contributed by atoms with Crippen LogP contribution in [0.15, 0.2) is 48.5 Å². The first kappa shape index (κ1) is 30.6. The van der Waals surface area contributed by atoms with E-state index < -0.39 is 11.8 Å². The molecule has 220 valence electrons. The average molecular weight is 604 g/mol. The fourth-order valence-electron chi connectivity index (χ4n) is 4.64. The summed E-state index contributed by atoms with van der Waals surface area (Å²) in [6, 6.07) is 13.2. The highest BCUT2D eigenvalue weighted by Gasteiger charge is 2.27. The predicted molar refractivity (Wildman–Crippen MR) is 159 cm³/mol. The lowest BCUT2D eigenvalue weighted by molar-refractivity contribution is -0.132. The maximum Gasteiger partial charge on any atom is 0.322 e. The van der Waals surface area contributed by atoms with Gasteiger partial charge in [0.15, 0.2) is 11.5 Å². The van der Waals surface area contributed by atoms with Crippen LogP contribution in [0.3, 0.4) is 0 Å². The lowest BCUT2D eigenvalue weighted by Crippen LogP contribution is -2.47. The van der Waals surface area contributed by atoms with Crippen molar-refractivity contribution < 1.29 is 28.2 Å². The minimum absolute atomic E-state index is 0.0999. The number of hydrogen-bond acceptors (Lipinski definition) is 6. The van der Waals surface area contributed by atoms with Crippen molar-refractivity contribution in [1.82, 2.24) is 9.80 Å². The molecule has 1 aliphatic heterocycles. The van der Waals surface area contributed by atoms with Gasteiger partial charge in [-0.3, -0.25) is 4.79 Å². The molecule has 41 heavy (non-hydrogen) atoms. The first-order valence-electron chi connectivity index (χ1n) is 13.4. The number of benzene rings is 2. The number of hydrogen-bond donors (Lipinski definition) is 1. The molecule has 1 N–H and O–H groups in total. The number of rotatable bonds is 12. The van der Waals surface area contributed by atoms with Crippen molar-refractivity contribution in [2.45, 2.75) is 38.8 Å². The van der Waals surface area contributed by atoms with E-state index in [1.807, 2.05) is 37.3 Å². The summed E-state index contributed by atoms with van der Waals surface area (Å²) < 4.78 is 30.2. The summed E-state index contributed by atoms with van der Waals surface area (Å²) in [6.07, 6.45) is 2.13. The van der Waals surface area contributed by atoms with Crippen LogP contribution in [0.1, 0.15) is 28.2 Å². The van der Waals surface area contributed by atoms with Crippen LogP contribution in [0.2, 0.25) is 5.02 Å². The molecule has 8 nitrogen and oxygen atoms in total. The van der Waals surface area contributed by atoms with Gasteiger partial charge in [-0.15, -0.1) is 11.3 Å². The van der Waals surface area contributed by atoms with Gasteiger partial charge in [0, 0.05) is 35.1 Å². The van der Waals surface area contributed by atoms with E-state index in [-0.39, 0.29) is 30.1 Å².